The average Bonchev–Trinajstić information content (AvgIpc) is 3.18. The molecule has 1 aromatic heterocycles. The van der Waals surface area contributed by atoms with Crippen molar-refractivity contribution in [3.05, 3.63) is 53.9 Å². The number of hydrogen-bond acceptors (Lipinski definition) is 4. The Bertz CT molecular complexity index is 737. The van der Waals surface area contributed by atoms with Gasteiger partial charge in [-0.05, 0) is 37.9 Å². The molecule has 1 aliphatic rings. The monoisotopic (exact) mass is 355 g/mol. The predicted octanol–water partition coefficient (Wildman–Crippen LogP) is 1.24. The molecule has 3 rings (SSSR count). The van der Waals surface area contributed by atoms with Gasteiger partial charge in [-0.2, -0.15) is 5.10 Å². The van der Waals surface area contributed by atoms with Crippen molar-refractivity contribution in [2.75, 3.05) is 13.1 Å². The van der Waals surface area contributed by atoms with E-state index in [0.29, 0.717) is 12.2 Å². The lowest BCUT2D eigenvalue weighted by Gasteiger charge is -2.22. The van der Waals surface area contributed by atoms with Crippen LogP contribution in [0.5, 0.6) is 0 Å². The zero-order valence-electron chi connectivity index (χ0n) is 14.9. The Labute approximate surface area is 153 Å². The van der Waals surface area contributed by atoms with Crippen LogP contribution in [0.2, 0.25) is 0 Å². The molecule has 2 amide bonds. The lowest BCUT2D eigenvalue weighted by atomic mass is 10.1. The van der Waals surface area contributed by atoms with Crippen LogP contribution in [0.25, 0.3) is 0 Å². The normalized spacial score (nSPS) is 18.1. The predicted molar refractivity (Wildman–Crippen MR) is 98.6 cm³/mol. The van der Waals surface area contributed by atoms with Gasteiger partial charge < -0.3 is 16.0 Å². The summed E-state index contributed by atoms with van der Waals surface area (Å²) in [5, 5.41) is 13.2. The lowest BCUT2D eigenvalue weighted by molar-refractivity contribution is -0.122. The molecule has 0 saturated carbocycles. The van der Waals surface area contributed by atoms with E-state index >= 15 is 0 Å². The smallest absolute Gasteiger partial charge is 0.272 e. The van der Waals surface area contributed by atoms with E-state index in [-0.39, 0.29) is 17.9 Å². The number of amides is 2. The van der Waals surface area contributed by atoms with Crippen molar-refractivity contribution < 1.29 is 9.59 Å². The van der Waals surface area contributed by atoms with Crippen molar-refractivity contribution in [3.8, 4) is 0 Å². The molecule has 138 valence electrons. The summed E-state index contributed by atoms with van der Waals surface area (Å²) in [7, 11) is 0. The number of hydrogen-bond donors (Lipinski definition) is 3. The van der Waals surface area contributed by atoms with Gasteiger partial charge in [0.05, 0.1) is 6.04 Å². The first-order chi connectivity index (χ1) is 12.6. The van der Waals surface area contributed by atoms with Crippen molar-refractivity contribution in [2.45, 2.75) is 38.4 Å². The number of nitrogens with one attached hydrogen (secondary N) is 3. The second kappa shape index (κ2) is 8.62. The fourth-order valence-corrected chi connectivity index (χ4v) is 3.00. The van der Waals surface area contributed by atoms with Crippen LogP contribution < -0.4 is 16.0 Å². The average molecular weight is 355 g/mol. The Morgan fingerprint density at radius 3 is 2.85 bits per heavy atom. The van der Waals surface area contributed by atoms with Crippen LogP contribution in [0.1, 0.15) is 41.9 Å². The van der Waals surface area contributed by atoms with Crippen molar-refractivity contribution >= 4 is 11.8 Å². The second-order valence-electron chi connectivity index (χ2n) is 6.58. The van der Waals surface area contributed by atoms with Gasteiger partial charge in [0.1, 0.15) is 11.7 Å². The Morgan fingerprint density at radius 1 is 1.31 bits per heavy atom. The van der Waals surface area contributed by atoms with E-state index in [0.717, 1.165) is 31.5 Å². The SMILES string of the molecule is CC(NC(=O)c1ccn(C2CCCNC2)n1)C(=O)NCc1ccccc1. The first-order valence-corrected chi connectivity index (χ1v) is 9.02. The van der Waals surface area contributed by atoms with E-state index in [1.165, 1.54) is 0 Å². The highest BCUT2D eigenvalue weighted by molar-refractivity contribution is 5.95. The van der Waals surface area contributed by atoms with Crippen molar-refractivity contribution in [2.24, 2.45) is 0 Å². The van der Waals surface area contributed by atoms with Gasteiger partial charge in [0, 0.05) is 19.3 Å². The van der Waals surface area contributed by atoms with Gasteiger partial charge in [-0.1, -0.05) is 30.3 Å². The summed E-state index contributed by atoms with van der Waals surface area (Å²) >= 11 is 0. The summed E-state index contributed by atoms with van der Waals surface area (Å²) < 4.78 is 1.83. The largest absolute Gasteiger partial charge is 0.350 e. The van der Waals surface area contributed by atoms with Gasteiger partial charge in [-0.15, -0.1) is 0 Å². The second-order valence-corrected chi connectivity index (χ2v) is 6.58. The number of piperidine rings is 1. The zero-order chi connectivity index (χ0) is 18.4. The summed E-state index contributed by atoms with van der Waals surface area (Å²) in [6.45, 7) is 3.99. The van der Waals surface area contributed by atoms with E-state index < -0.39 is 6.04 Å². The maximum atomic E-state index is 12.3. The minimum Gasteiger partial charge on any atom is -0.350 e. The minimum atomic E-state index is -0.632. The Kier molecular flexibility index (Phi) is 6.01. The number of benzene rings is 1. The standard InChI is InChI=1S/C19H25N5O2/c1-14(18(25)21-12-15-6-3-2-4-7-15)22-19(26)17-9-11-24(23-17)16-8-5-10-20-13-16/h2-4,6-7,9,11,14,16,20H,5,8,10,12-13H2,1H3,(H,21,25)(H,22,26). The topological polar surface area (TPSA) is 88.1 Å². The highest BCUT2D eigenvalue weighted by Crippen LogP contribution is 2.15. The molecule has 3 N–H and O–H groups in total. The van der Waals surface area contributed by atoms with Crippen LogP contribution in [0, 0.1) is 0 Å². The molecule has 0 aliphatic carbocycles. The summed E-state index contributed by atoms with van der Waals surface area (Å²) in [6, 6.07) is 11.0. The van der Waals surface area contributed by atoms with E-state index in [9.17, 15) is 9.59 Å². The Morgan fingerprint density at radius 2 is 2.12 bits per heavy atom. The van der Waals surface area contributed by atoms with Crippen molar-refractivity contribution in [1.82, 2.24) is 25.7 Å². The third-order valence-electron chi connectivity index (χ3n) is 4.54. The van der Waals surface area contributed by atoms with Crippen molar-refractivity contribution in [3.63, 3.8) is 0 Å². The van der Waals surface area contributed by atoms with Crippen LogP contribution in [0.4, 0.5) is 0 Å². The molecular weight excluding hydrogens is 330 g/mol. The number of aromatic nitrogens is 2. The molecule has 1 fully saturated rings. The molecular formula is C19H25N5O2. The van der Waals surface area contributed by atoms with Crippen LogP contribution in [-0.2, 0) is 11.3 Å². The quantitative estimate of drug-likeness (QED) is 0.728. The third kappa shape index (κ3) is 4.70. The van der Waals surface area contributed by atoms with Crippen LogP contribution in [0.3, 0.4) is 0 Å². The molecule has 0 radical (unpaired) electrons. The molecule has 2 aromatic rings. The summed E-state index contributed by atoms with van der Waals surface area (Å²) in [5.74, 6) is -0.562. The van der Waals surface area contributed by atoms with E-state index in [1.54, 1.807) is 13.0 Å². The zero-order valence-corrected chi connectivity index (χ0v) is 14.9. The Balaban J connectivity index is 1.50. The van der Waals surface area contributed by atoms with E-state index in [4.69, 9.17) is 0 Å². The number of nitrogens with zero attached hydrogens (tertiary/aromatic N) is 2. The number of carbonyl (C=O) groups is 2. The first kappa shape index (κ1) is 18.1. The molecule has 1 saturated heterocycles. The molecule has 2 unspecified atom stereocenters. The fourth-order valence-electron chi connectivity index (χ4n) is 3.00. The first-order valence-electron chi connectivity index (χ1n) is 9.02. The minimum absolute atomic E-state index is 0.224. The van der Waals surface area contributed by atoms with Crippen LogP contribution in [0.15, 0.2) is 42.6 Å². The molecule has 1 aliphatic heterocycles. The van der Waals surface area contributed by atoms with Crippen LogP contribution in [-0.4, -0.2) is 40.7 Å². The molecule has 0 spiro atoms. The number of rotatable bonds is 6. The van der Waals surface area contributed by atoms with Gasteiger partial charge in [-0.25, -0.2) is 0 Å². The van der Waals surface area contributed by atoms with E-state index in [1.807, 2.05) is 41.2 Å². The van der Waals surface area contributed by atoms with E-state index in [2.05, 4.69) is 21.0 Å². The molecule has 7 heteroatoms. The highest BCUT2D eigenvalue weighted by Gasteiger charge is 2.20. The summed E-state index contributed by atoms with van der Waals surface area (Å²) in [6.07, 6.45) is 3.98. The summed E-state index contributed by atoms with van der Waals surface area (Å²) in [4.78, 5) is 24.5. The molecule has 2 heterocycles. The van der Waals surface area contributed by atoms with Gasteiger partial charge >= 0.3 is 0 Å². The molecule has 26 heavy (non-hydrogen) atoms. The van der Waals surface area contributed by atoms with Gasteiger partial charge in [-0.3, -0.25) is 14.3 Å². The van der Waals surface area contributed by atoms with Crippen LogP contribution >= 0.6 is 0 Å². The molecule has 7 nitrogen and oxygen atoms in total. The highest BCUT2D eigenvalue weighted by atomic mass is 16.2. The molecule has 0 bridgehead atoms. The molecule has 2 atom stereocenters. The van der Waals surface area contributed by atoms with Gasteiger partial charge in [0.2, 0.25) is 5.91 Å². The van der Waals surface area contributed by atoms with Gasteiger partial charge in [0.25, 0.3) is 5.91 Å². The van der Waals surface area contributed by atoms with Crippen molar-refractivity contribution in [1.29, 1.82) is 0 Å². The lowest BCUT2D eigenvalue weighted by Crippen LogP contribution is -2.44. The maximum absolute atomic E-state index is 12.3. The molecule has 1 aromatic carbocycles. The maximum Gasteiger partial charge on any atom is 0.272 e. The summed E-state index contributed by atoms with van der Waals surface area (Å²) in [5.41, 5.74) is 1.34. The van der Waals surface area contributed by atoms with Gasteiger partial charge in [0.15, 0.2) is 0 Å². The fraction of sp³-hybridized carbons (Fsp3) is 0.421. The number of carbonyl (C=O) groups excluding carboxylic acids is 2. The Hall–Kier alpha value is -2.67. The third-order valence-corrected chi connectivity index (χ3v) is 4.54.